The maximum absolute atomic E-state index is 10.3. The van der Waals surface area contributed by atoms with E-state index in [0.717, 1.165) is 5.92 Å². The van der Waals surface area contributed by atoms with Crippen LogP contribution in [0.1, 0.15) is 58.3 Å². The molecule has 2 aliphatic rings. The Kier molecular flexibility index (Phi) is 3.48. The molecular formula is C13H24O. The van der Waals surface area contributed by atoms with Crippen LogP contribution in [0.4, 0.5) is 0 Å². The molecule has 14 heavy (non-hydrogen) atoms. The summed E-state index contributed by atoms with van der Waals surface area (Å²) in [5, 5.41) is 10.3. The second-order valence-electron chi connectivity index (χ2n) is 5.46. The predicted molar refractivity (Wildman–Crippen MR) is 59.1 cm³/mol. The average molecular weight is 196 g/mol. The first-order valence-electron chi connectivity index (χ1n) is 6.47. The van der Waals surface area contributed by atoms with Gasteiger partial charge in [0.25, 0.3) is 0 Å². The summed E-state index contributed by atoms with van der Waals surface area (Å²) in [7, 11) is 0. The summed E-state index contributed by atoms with van der Waals surface area (Å²) >= 11 is 0. The van der Waals surface area contributed by atoms with Crippen LogP contribution in [0.5, 0.6) is 0 Å². The third-order valence-corrected chi connectivity index (χ3v) is 4.50. The SMILES string of the molecule is CC1CCCC1C(O)C1CCCCC1. The van der Waals surface area contributed by atoms with Crippen LogP contribution >= 0.6 is 0 Å². The molecule has 0 saturated heterocycles. The van der Waals surface area contributed by atoms with Gasteiger partial charge in [0, 0.05) is 0 Å². The maximum atomic E-state index is 10.3. The number of hydrogen-bond donors (Lipinski definition) is 1. The van der Waals surface area contributed by atoms with Gasteiger partial charge in [-0.15, -0.1) is 0 Å². The molecule has 0 spiro atoms. The molecule has 0 aromatic heterocycles. The molecule has 3 unspecified atom stereocenters. The van der Waals surface area contributed by atoms with E-state index in [9.17, 15) is 5.11 Å². The summed E-state index contributed by atoms with van der Waals surface area (Å²) in [4.78, 5) is 0. The van der Waals surface area contributed by atoms with Crippen LogP contribution in [-0.4, -0.2) is 11.2 Å². The van der Waals surface area contributed by atoms with Gasteiger partial charge in [0.2, 0.25) is 0 Å². The van der Waals surface area contributed by atoms with Gasteiger partial charge in [-0.1, -0.05) is 39.0 Å². The molecule has 0 radical (unpaired) electrons. The quantitative estimate of drug-likeness (QED) is 0.718. The van der Waals surface area contributed by atoms with Crippen molar-refractivity contribution in [1.29, 1.82) is 0 Å². The third kappa shape index (κ3) is 2.13. The third-order valence-electron chi connectivity index (χ3n) is 4.50. The zero-order valence-electron chi connectivity index (χ0n) is 9.41. The molecule has 2 saturated carbocycles. The Morgan fingerprint density at radius 1 is 0.929 bits per heavy atom. The summed E-state index contributed by atoms with van der Waals surface area (Å²) in [6, 6.07) is 0. The largest absolute Gasteiger partial charge is 0.393 e. The Balaban J connectivity index is 1.89. The van der Waals surface area contributed by atoms with E-state index in [4.69, 9.17) is 0 Å². The van der Waals surface area contributed by atoms with Crippen LogP contribution in [0.15, 0.2) is 0 Å². The zero-order valence-corrected chi connectivity index (χ0v) is 9.41. The molecule has 2 rings (SSSR count). The second-order valence-corrected chi connectivity index (χ2v) is 5.46. The van der Waals surface area contributed by atoms with Crippen molar-refractivity contribution in [1.82, 2.24) is 0 Å². The van der Waals surface area contributed by atoms with Crippen molar-refractivity contribution in [3.63, 3.8) is 0 Å². The fourth-order valence-electron chi connectivity index (χ4n) is 3.51. The Hall–Kier alpha value is -0.0400. The molecule has 2 fully saturated rings. The van der Waals surface area contributed by atoms with Crippen LogP contribution in [0.25, 0.3) is 0 Å². The molecule has 3 atom stereocenters. The van der Waals surface area contributed by atoms with E-state index in [2.05, 4.69) is 6.92 Å². The van der Waals surface area contributed by atoms with Crippen molar-refractivity contribution < 1.29 is 5.11 Å². The summed E-state index contributed by atoms with van der Waals surface area (Å²) in [5.41, 5.74) is 0. The predicted octanol–water partition coefficient (Wildman–Crippen LogP) is 3.36. The lowest BCUT2D eigenvalue weighted by Gasteiger charge is -2.32. The average Bonchev–Trinajstić information content (AvgIpc) is 2.65. The van der Waals surface area contributed by atoms with Gasteiger partial charge < -0.3 is 5.11 Å². The molecular weight excluding hydrogens is 172 g/mol. The van der Waals surface area contributed by atoms with E-state index in [1.165, 1.54) is 51.4 Å². The smallest absolute Gasteiger partial charge is 0.0599 e. The summed E-state index contributed by atoms with van der Waals surface area (Å²) < 4.78 is 0. The molecule has 2 aliphatic carbocycles. The van der Waals surface area contributed by atoms with Gasteiger partial charge in [0.1, 0.15) is 0 Å². The zero-order chi connectivity index (χ0) is 9.97. The first-order valence-corrected chi connectivity index (χ1v) is 6.47. The van der Waals surface area contributed by atoms with Crippen LogP contribution < -0.4 is 0 Å². The lowest BCUT2D eigenvalue weighted by atomic mass is 9.77. The molecule has 1 N–H and O–H groups in total. The summed E-state index contributed by atoms with van der Waals surface area (Å²) in [6.07, 6.45) is 10.6. The van der Waals surface area contributed by atoms with Crippen LogP contribution in [-0.2, 0) is 0 Å². The minimum absolute atomic E-state index is 0.0211. The van der Waals surface area contributed by atoms with Gasteiger partial charge in [-0.2, -0.15) is 0 Å². The van der Waals surface area contributed by atoms with Gasteiger partial charge in [-0.05, 0) is 37.0 Å². The highest BCUT2D eigenvalue weighted by molar-refractivity contribution is 4.85. The second kappa shape index (κ2) is 4.65. The lowest BCUT2D eigenvalue weighted by molar-refractivity contribution is 0.0210. The van der Waals surface area contributed by atoms with Crippen molar-refractivity contribution in [2.45, 2.75) is 64.4 Å². The van der Waals surface area contributed by atoms with E-state index in [1.807, 2.05) is 0 Å². The van der Waals surface area contributed by atoms with E-state index >= 15 is 0 Å². The van der Waals surface area contributed by atoms with Crippen molar-refractivity contribution in [3.05, 3.63) is 0 Å². The van der Waals surface area contributed by atoms with Crippen LogP contribution in [0.3, 0.4) is 0 Å². The molecule has 0 bridgehead atoms. The Morgan fingerprint density at radius 3 is 2.21 bits per heavy atom. The van der Waals surface area contributed by atoms with Gasteiger partial charge in [0.15, 0.2) is 0 Å². The summed E-state index contributed by atoms with van der Waals surface area (Å²) in [6.45, 7) is 2.32. The topological polar surface area (TPSA) is 20.2 Å². The van der Waals surface area contributed by atoms with E-state index in [0.29, 0.717) is 11.8 Å². The molecule has 0 amide bonds. The molecule has 0 aromatic rings. The number of aliphatic hydroxyl groups is 1. The Bertz CT molecular complexity index is 172. The normalized spacial score (nSPS) is 37.3. The maximum Gasteiger partial charge on any atom is 0.0599 e. The molecule has 82 valence electrons. The van der Waals surface area contributed by atoms with Gasteiger partial charge in [0.05, 0.1) is 6.10 Å². The molecule has 1 nitrogen and oxygen atoms in total. The van der Waals surface area contributed by atoms with Crippen molar-refractivity contribution in [2.75, 3.05) is 0 Å². The highest BCUT2D eigenvalue weighted by atomic mass is 16.3. The van der Waals surface area contributed by atoms with Crippen molar-refractivity contribution in [3.8, 4) is 0 Å². The number of hydrogen-bond acceptors (Lipinski definition) is 1. The monoisotopic (exact) mass is 196 g/mol. The summed E-state index contributed by atoms with van der Waals surface area (Å²) in [5.74, 6) is 2.03. The van der Waals surface area contributed by atoms with E-state index < -0.39 is 0 Å². The standard InChI is InChI=1S/C13H24O/c1-10-6-5-9-12(10)13(14)11-7-3-2-4-8-11/h10-14H,2-9H2,1H3. The minimum atomic E-state index is 0.0211. The highest BCUT2D eigenvalue weighted by Crippen LogP contribution is 2.39. The number of aliphatic hydroxyl groups excluding tert-OH is 1. The van der Waals surface area contributed by atoms with E-state index in [-0.39, 0.29) is 6.10 Å². The van der Waals surface area contributed by atoms with E-state index in [1.54, 1.807) is 0 Å². The minimum Gasteiger partial charge on any atom is -0.393 e. The van der Waals surface area contributed by atoms with Gasteiger partial charge >= 0.3 is 0 Å². The number of rotatable bonds is 2. The fraction of sp³-hybridized carbons (Fsp3) is 1.00. The lowest BCUT2D eigenvalue weighted by Crippen LogP contribution is -2.32. The first kappa shape index (κ1) is 10.5. The molecule has 0 aromatic carbocycles. The molecule has 0 aliphatic heterocycles. The Labute approximate surface area is 87.9 Å². The van der Waals surface area contributed by atoms with Crippen LogP contribution in [0.2, 0.25) is 0 Å². The molecule has 1 heteroatoms. The van der Waals surface area contributed by atoms with Gasteiger partial charge in [-0.3, -0.25) is 0 Å². The van der Waals surface area contributed by atoms with Crippen molar-refractivity contribution >= 4 is 0 Å². The van der Waals surface area contributed by atoms with Crippen molar-refractivity contribution in [2.24, 2.45) is 17.8 Å². The fourth-order valence-corrected chi connectivity index (χ4v) is 3.51. The first-order chi connectivity index (χ1) is 6.79. The molecule has 0 heterocycles. The highest BCUT2D eigenvalue weighted by Gasteiger charge is 2.34. The van der Waals surface area contributed by atoms with Gasteiger partial charge in [-0.25, -0.2) is 0 Å². The Morgan fingerprint density at radius 2 is 1.64 bits per heavy atom. The van der Waals surface area contributed by atoms with Crippen LogP contribution in [0, 0.1) is 17.8 Å².